The summed E-state index contributed by atoms with van der Waals surface area (Å²) in [6.45, 7) is 6.52. The van der Waals surface area contributed by atoms with Crippen molar-refractivity contribution < 1.29 is 14.1 Å². The second-order valence-corrected chi connectivity index (χ2v) is 9.07. The van der Waals surface area contributed by atoms with Gasteiger partial charge in [0.1, 0.15) is 0 Å². The predicted molar refractivity (Wildman–Crippen MR) is 137 cm³/mol. The van der Waals surface area contributed by atoms with Gasteiger partial charge in [-0.05, 0) is 19.9 Å². The minimum atomic E-state index is -0.146. The average Bonchev–Trinajstić information content (AvgIpc) is 3.43. The van der Waals surface area contributed by atoms with Crippen LogP contribution < -0.4 is 0 Å². The summed E-state index contributed by atoms with van der Waals surface area (Å²) >= 11 is 0. The minimum absolute atomic E-state index is 0.0686. The molecule has 0 bridgehead atoms. The second-order valence-electron chi connectivity index (χ2n) is 9.07. The number of hydrogen-bond acceptors (Lipinski definition) is 6. The van der Waals surface area contributed by atoms with Crippen molar-refractivity contribution in [2.75, 3.05) is 26.2 Å². The molecule has 7 heteroatoms. The maximum Gasteiger partial charge on any atom is 0.254 e. The molecular formula is C29H28N4O3. The number of amides is 1. The van der Waals surface area contributed by atoms with Gasteiger partial charge in [0.15, 0.2) is 5.78 Å². The highest BCUT2D eigenvalue weighted by Crippen LogP contribution is 2.25. The normalized spacial score (nSPS) is 15.0. The summed E-state index contributed by atoms with van der Waals surface area (Å²) in [4.78, 5) is 35.1. The van der Waals surface area contributed by atoms with E-state index < -0.39 is 0 Å². The molecule has 1 amide bonds. The Bertz CT molecular complexity index is 1360. The smallest absolute Gasteiger partial charge is 0.254 e. The van der Waals surface area contributed by atoms with Gasteiger partial charge in [0, 0.05) is 42.9 Å². The molecule has 182 valence electrons. The fourth-order valence-corrected chi connectivity index (χ4v) is 4.48. The number of aryl methyl sites for hydroxylation is 1. The van der Waals surface area contributed by atoms with Crippen molar-refractivity contribution in [3.8, 4) is 11.4 Å². The Morgan fingerprint density at radius 3 is 2.17 bits per heavy atom. The third kappa shape index (κ3) is 4.83. The summed E-state index contributed by atoms with van der Waals surface area (Å²) in [5.74, 6) is 0.865. The van der Waals surface area contributed by atoms with Crippen molar-refractivity contribution in [3.05, 3.63) is 107 Å². The van der Waals surface area contributed by atoms with Gasteiger partial charge in [-0.15, -0.1) is 0 Å². The van der Waals surface area contributed by atoms with Gasteiger partial charge >= 0.3 is 0 Å². The van der Waals surface area contributed by atoms with Crippen LogP contribution in [0.15, 0.2) is 83.4 Å². The first-order valence-electron chi connectivity index (χ1n) is 12.1. The van der Waals surface area contributed by atoms with Crippen LogP contribution in [0.5, 0.6) is 0 Å². The average molecular weight is 481 g/mol. The molecule has 0 radical (unpaired) electrons. The lowest BCUT2D eigenvalue weighted by Crippen LogP contribution is -2.49. The molecule has 0 N–H and O–H groups in total. The largest absolute Gasteiger partial charge is 0.337 e. The van der Waals surface area contributed by atoms with Crippen LogP contribution in [0.2, 0.25) is 0 Å². The van der Waals surface area contributed by atoms with E-state index in [4.69, 9.17) is 4.52 Å². The van der Waals surface area contributed by atoms with Gasteiger partial charge in [0.2, 0.25) is 11.7 Å². The number of aromatic nitrogens is 2. The van der Waals surface area contributed by atoms with Gasteiger partial charge in [-0.3, -0.25) is 14.5 Å². The molecule has 0 aliphatic carbocycles. The van der Waals surface area contributed by atoms with Crippen LogP contribution in [0.3, 0.4) is 0 Å². The Hall–Kier alpha value is -4.10. The summed E-state index contributed by atoms with van der Waals surface area (Å²) in [5, 5.41) is 4.16. The van der Waals surface area contributed by atoms with E-state index in [0.29, 0.717) is 54.6 Å². The first kappa shape index (κ1) is 23.6. The SMILES string of the molecule is Cc1ccc(-c2noc(C(C)N3CCN(C(=O)c4ccccc4C(=O)c4ccccc4)CC3)n2)cc1. The Kier molecular flexibility index (Phi) is 6.73. The minimum Gasteiger partial charge on any atom is -0.337 e. The lowest BCUT2D eigenvalue weighted by Gasteiger charge is -2.37. The predicted octanol–water partition coefficient (Wildman–Crippen LogP) is 4.80. The maximum atomic E-state index is 13.4. The molecule has 3 aromatic carbocycles. The van der Waals surface area contributed by atoms with E-state index in [1.54, 1.807) is 36.4 Å². The van der Waals surface area contributed by atoms with Gasteiger partial charge in [-0.2, -0.15) is 4.98 Å². The number of rotatable bonds is 6. The second kappa shape index (κ2) is 10.3. The van der Waals surface area contributed by atoms with Crippen molar-refractivity contribution in [2.24, 2.45) is 0 Å². The number of hydrogen-bond donors (Lipinski definition) is 0. The lowest BCUT2D eigenvalue weighted by molar-refractivity contribution is 0.0549. The first-order chi connectivity index (χ1) is 17.5. The fraction of sp³-hybridized carbons (Fsp3) is 0.241. The molecule has 0 spiro atoms. The molecule has 2 heterocycles. The number of nitrogens with zero attached hydrogens (tertiary/aromatic N) is 4. The highest BCUT2D eigenvalue weighted by Gasteiger charge is 2.29. The third-order valence-electron chi connectivity index (χ3n) is 6.70. The first-order valence-corrected chi connectivity index (χ1v) is 12.1. The van der Waals surface area contributed by atoms with Crippen molar-refractivity contribution in [1.82, 2.24) is 19.9 Å². The summed E-state index contributed by atoms with van der Waals surface area (Å²) < 4.78 is 5.57. The fourth-order valence-electron chi connectivity index (χ4n) is 4.48. The summed E-state index contributed by atoms with van der Waals surface area (Å²) in [6.07, 6.45) is 0. The standard InChI is InChI=1S/C29H28N4O3/c1-20-12-14-23(15-13-20)27-30-28(36-31-27)21(2)32-16-18-33(19-17-32)29(35)25-11-7-6-10-24(25)26(34)22-8-4-3-5-9-22/h3-15,21H,16-19H2,1-2H3. The Balaban J connectivity index is 1.25. The molecule has 1 aliphatic heterocycles. The zero-order chi connectivity index (χ0) is 25.1. The molecular weight excluding hydrogens is 452 g/mol. The van der Waals surface area contributed by atoms with E-state index in [-0.39, 0.29) is 17.7 Å². The Morgan fingerprint density at radius 1 is 0.833 bits per heavy atom. The molecule has 1 atom stereocenters. The van der Waals surface area contributed by atoms with E-state index >= 15 is 0 Å². The Labute approximate surface area is 210 Å². The summed E-state index contributed by atoms with van der Waals surface area (Å²) in [6, 6.07) is 24.1. The monoisotopic (exact) mass is 480 g/mol. The third-order valence-corrected chi connectivity index (χ3v) is 6.70. The van der Waals surface area contributed by atoms with Crippen molar-refractivity contribution in [1.29, 1.82) is 0 Å². The zero-order valence-corrected chi connectivity index (χ0v) is 20.4. The highest BCUT2D eigenvalue weighted by atomic mass is 16.5. The van der Waals surface area contributed by atoms with Crippen LogP contribution in [0.1, 0.15) is 50.7 Å². The maximum absolute atomic E-state index is 13.4. The van der Waals surface area contributed by atoms with Gasteiger partial charge < -0.3 is 9.42 Å². The topological polar surface area (TPSA) is 79.5 Å². The van der Waals surface area contributed by atoms with E-state index in [9.17, 15) is 9.59 Å². The molecule has 1 saturated heterocycles. The molecule has 1 fully saturated rings. The quantitative estimate of drug-likeness (QED) is 0.369. The zero-order valence-electron chi connectivity index (χ0n) is 20.4. The van der Waals surface area contributed by atoms with Crippen LogP contribution in [-0.2, 0) is 0 Å². The molecule has 4 aromatic rings. The van der Waals surface area contributed by atoms with E-state index in [2.05, 4.69) is 15.0 Å². The van der Waals surface area contributed by atoms with Gasteiger partial charge in [0.25, 0.3) is 5.91 Å². The molecule has 1 aliphatic rings. The van der Waals surface area contributed by atoms with E-state index in [1.807, 2.05) is 61.2 Å². The van der Waals surface area contributed by atoms with Gasteiger partial charge in [0.05, 0.1) is 11.6 Å². The van der Waals surface area contributed by atoms with Crippen LogP contribution in [0, 0.1) is 6.92 Å². The molecule has 5 rings (SSSR count). The van der Waals surface area contributed by atoms with Crippen LogP contribution >= 0.6 is 0 Å². The number of carbonyl (C=O) groups excluding carboxylic acids is 2. The van der Waals surface area contributed by atoms with Crippen molar-refractivity contribution in [3.63, 3.8) is 0 Å². The van der Waals surface area contributed by atoms with Crippen LogP contribution in [-0.4, -0.2) is 57.8 Å². The van der Waals surface area contributed by atoms with Gasteiger partial charge in [-0.1, -0.05) is 83.5 Å². The van der Waals surface area contributed by atoms with Crippen LogP contribution in [0.25, 0.3) is 11.4 Å². The van der Waals surface area contributed by atoms with E-state index in [0.717, 1.165) is 5.56 Å². The number of piperazine rings is 1. The number of benzene rings is 3. The molecule has 7 nitrogen and oxygen atoms in total. The summed E-state index contributed by atoms with van der Waals surface area (Å²) in [7, 11) is 0. The molecule has 1 aromatic heterocycles. The lowest BCUT2D eigenvalue weighted by atomic mass is 9.97. The summed E-state index contributed by atoms with van der Waals surface area (Å²) in [5.41, 5.74) is 3.53. The highest BCUT2D eigenvalue weighted by molar-refractivity contribution is 6.15. The van der Waals surface area contributed by atoms with Crippen molar-refractivity contribution >= 4 is 11.7 Å². The molecule has 1 unspecified atom stereocenters. The molecule has 36 heavy (non-hydrogen) atoms. The molecule has 0 saturated carbocycles. The number of ketones is 1. The van der Waals surface area contributed by atoms with Gasteiger partial charge in [-0.25, -0.2) is 0 Å². The van der Waals surface area contributed by atoms with Crippen LogP contribution in [0.4, 0.5) is 0 Å². The Morgan fingerprint density at radius 2 is 1.47 bits per heavy atom. The van der Waals surface area contributed by atoms with Crippen molar-refractivity contribution in [2.45, 2.75) is 19.9 Å². The van der Waals surface area contributed by atoms with E-state index in [1.165, 1.54) is 5.56 Å². The number of carbonyl (C=O) groups is 2.